The topological polar surface area (TPSA) is 97.4 Å². The lowest BCUT2D eigenvalue weighted by molar-refractivity contribution is -0.139. The molecule has 0 saturated heterocycles. The first kappa shape index (κ1) is 30.7. The molecule has 0 unspecified atom stereocenters. The molecule has 1 aliphatic rings. The van der Waals surface area contributed by atoms with Gasteiger partial charge in [0, 0.05) is 51.5 Å². The van der Waals surface area contributed by atoms with Crippen molar-refractivity contribution in [2.45, 2.75) is 26.0 Å². The molecule has 3 aromatic carbocycles. The zero-order chi connectivity index (χ0) is 30.2. The van der Waals surface area contributed by atoms with Crippen LogP contribution >= 0.6 is 0 Å². The molecular formula is C33H39N3O6. The molecule has 0 spiro atoms. The third-order valence-electron chi connectivity index (χ3n) is 7.54. The van der Waals surface area contributed by atoms with Gasteiger partial charge in [-0.25, -0.2) is 0 Å². The second kappa shape index (κ2) is 14.1. The van der Waals surface area contributed by atoms with E-state index in [0.717, 1.165) is 11.1 Å². The number of rotatable bonds is 6. The SMILES string of the molecule is COCC(=O)N1C[C@@H](C)[C@H](OC)CN(C)C(=O)c2cc(NC(=O)c3ccc(-c4ccccc4)cc3)ccc2OC[C@H]1C. The van der Waals surface area contributed by atoms with Crippen LogP contribution < -0.4 is 10.1 Å². The zero-order valence-electron chi connectivity index (χ0n) is 24.8. The highest BCUT2D eigenvalue weighted by Crippen LogP contribution is 2.27. The molecule has 1 N–H and O–H groups in total. The highest BCUT2D eigenvalue weighted by molar-refractivity contribution is 6.05. The Morgan fingerprint density at radius 2 is 1.64 bits per heavy atom. The van der Waals surface area contributed by atoms with E-state index in [1.165, 1.54) is 7.11 Å². The summed E-state index contributed by atoms with van der Waals surface area (Å²) in [5.74, 6) is -0.398. The van der Waals surface area contributed by atoms with Crippen LogP contribution in [0.2, 0.25) is 0 Å². The Morgan fingerprint density at radius 3 is 2.31 bits per heavy atom. The Balaban J connectivity index is 1.58. The summed E-state index contributed by atoms with van der Waals surface area (Å²) >= 11 is 0. The van der Waals surface area contributed by atoms with Crippen LogP contribution in [0.4, 0.5) is 5.69 Å². The Hall–Kier alpha value is -4.21. The summed E-state index contributed by atoms with van der Waals surface area (Å²) in [7, 11) is 4.80. The van der Waals surface area contributed by atoms with Crippen molar-refractivity contribution >= 4 is 23.4 Å². The van der Waals surface area contributed by atoms with E-state index < -0.39 is 0 Å². The molecule has 9 heteroatoms. The Bertz CT molecular complexity index is 1380. The minimum absolute atomic E-state index is 0.0400. The monoisotopic (exact) mass is 573 g/mol. The zero-order valence-corrected chi connectivity index (χ0v) is 24.8. The van der Waals surface area contributed by atoms with Crippen LogP contribution in [0.25, 0.3) is 11.1 Å². The smallest absolute Gasteiger partial charge is 0.257 e. The van der Waals surface area contributed by atoms with E-state index in [-0.39, 0.29) is 49.0 Å². The number of anilines is 1. The number of fused-ring (bicyclic) bond motifs is 1. The standard InChI is InChI=1S/C33H39N3O6/c1-22-18-36(31(37)21-40-4)23(2)20-42-29-16-15-27(17-28(29)33(39)35(3)19-30(22)41-5)34-32(38)26-13-11-25(12-14-26)24-9-7-6-8-10-24/h6-17,22-23,30H,18-21H2,1-5H3,(H,34,38)/t22-,23-,30-/m1/s1. The number of carbonyl (C=O) groups excluding carboxylic acids is 3. The molecule has 9 nitrogen and oxygen atoms in total. The lowest BCUT2D eigenvalue weighted by Crippen LogP contribution is -2.49. The molecule has 42 heavy (non-hydrogen) atoms. The summed E-state index contributed by atoms with van der Waals surface area (Å²) in [5, 5.41) is 2.90. The fraction of sp³-hybridized carbons (Fsp3) is 0.364. The van der Waals surface area contributed by atoms with Gasteiger partial charge in [0.25, 0.3) is 11.8 Å². The molecule has 0 saturated carbocycles. The molecule has 0 radical (unpaired) electrons. The number of nitrogens with one attached hydrogen (secondary N) is 1. The Labute approximate surface area is 247 Å². The molecule has 3 aromatic rings. The van der Waals surface area contributed by atoms with Gasteiger partial charge in [0.1, 0.15) is 19.0 Å². The third-order valence-corrected chi connectivity index (χ3v) is 7.54. The summed E-state index contributed by atoms with van der Waals surface area (Å²) in [6, 6.07) is 22.0. The van der Waals surface area contributed by atoms with Crippen molar-refractivity contribution in [1.29, 1.82) is 0 Å². The van der Waals surface area contributed by atoms with Crippen molar-refractivity contribution in [3.8, 4) is 16.9 Å². The maximum Gasteiger partial charge on any atom is 0.257 e. The Morgan fingerprint density at radius 1 is 0.952 bits per heavy atom. The first-order chi connectivity index (χ1) is 20.2. The van der Waals surface area contributed by atoms with Gasteiger partial charge in [0.2, 0.25) is 5.91 Å². The second-order valence-corrected chi connectivity index (χ2v) is 10.7. The molecule has 0 aliphatic carbocycles. The quantitative estimate of drug-likeness (QED) is 0.464. The normalized spacial score (nSPS) is 19.6. The average Bonchev–Trinajstić information content (AvgIpc) is 3.01. The highest BCUT2D eigenvalue weighted by Gasteiger charge is 2.30. The number of amides is 3. The maximum absolute atomic E-state index is 13.6. The van der Waals surface area contributed by atoms with Gasteiger partial charge < -0.3 is 29.3 Å². The van der Waals surface area contributed by atoms with Crippen molar-refractivity contribution in [3.05, 3.63) is 83.9 Å². The van der Waals surface area contributed by atoms with E-state index in [9.17, 15) is 14.4 Å². The molecule has 0 fully saturated rings. The molecule has 3 amide bonds. The molecule has 4 rings (SSSR count). The van der Waals surface area contributed by atoms with Gasteiger partial charge in [0.15, 0.2) is 0 Å². The average molecular weight is 574 g/mol. The van der Waals surface area contributed by atoms with E-state index in [0.29, 0.717) is 35.7 Å². The fourth-order valence-electron chi connectivity index (χ4n) is 5.06. The van der Waals surface area contributed by atoms with Crippen molar-refractivity contribution < 1.29 is 28.6 Å². The van der Waals surface area contributed by atoms with E-state index in [2.05, 4.69) is 5.32 Å². The number of nitrogens with zero attached hydrogens (tertiary/aromatic N) is 2. The van der Waals surface area contributed by atoms with Crippen LogP contribution in [0, 0.1) is 5.92 Å². The Kier molecular flexibility index (Phi) is 10.3. The van der Waals surface area contributed by atoms with E-state index in [4.69, 9.17) is 14.2 Å². The largest absolute Gasteiger partial charge is 0.491 e. The van der Waals surface area contributed by atoms with Crippen LogP contribution in [-0.2, 0) is 14.3 Å². The maximum atomic E-state index is 13.6. The van der Waals surface area contributed by atoms with E-state index in [1.54, 1.807) is 54.3 Å². The lowest BCUT2D eigenvalue weighted by Gasteiger charge is -2.36. The summed E-state index contributed by atoms with van der Waals surface area (Å²) in [5.41, 5.74) is 3.34. The highest BCUT2D eigenvalue weighted by atomic mass is 16.5. The minimum Gasteiger partial charge on any atom is -0.491 e. The van der Waals surface area contributed by atoms with Crippen LogP contribution in [0.1, 0.15) is 34.6 Å². The number of hydrogen-bond donors (Lipinski definition) is 1. The molecule has 0 bridgehead atoms. The number of methoxy groups -OCH3 is 2. The summed E-state index contributed by atoms with van der Waals surface area (Å²) in [6.07, 6.45) is -0.311. The molecule has 3 atom stereocenters. The van der Waals surface area contributed by atoms with Gasteiger partial charge >= 0.3 is 0 Å². The number of ether oxygens (including phenoxy) is 3. The number of carbonyl (C=O) groups is 3. The van der Waals surface area contributed by atoms with Crippen LogP contribution in [0.15, 0.2) is 72.8 Å². The minimum atomic E-state index is -0.311. The predicted octanol–water partition coefficient (Wildman–Crippen LogP) is 4.58. The second-order valence-electron chi connectivity index (χ2n) is 10.7. The number of hydrogen-bond acceptors (Lipinski definition) is 6. The molecule has 1 aliphatic heterocycles. The first-order valence-electron chi connectivity index (χ1n) is 14.0. The summed E-state index contributed by atoms with van der Waals surface area (Å²) in [4.78, 5) is 42.9. The lowest BCUT2D eigenvalue weighted by atomic mass is 10.0. The third kappa shape index (κ3) is 7.35. The predicted molar refractivity (Wildman–Crippen MR) is 162 cm³/mol. The number of benzene rings is 3. The van der Waals surface area contributed by atoms with Crippen molar-refractivity contribution in [1.82, 2.24) is 9.80 Å². The summed E-state index contributed by atoms with van der Waals surface area (Å²) in [6.45, 7) is 4.76. The van der Waals surface area contributed by atoms with Crippen LogP contribution in [-0.4, -0.2) is 87.2 Å². The van der Waals surface area contributed by atoms with Gasteiger partial charge in [-0.2, -0.15) is 0 Å². The van der Waals surface area contributed by atoms with E-state index in [1.807, 2.05) is 56.3 Å². The molecule has 222 valence electrons. The molecule has 1 heterocycles. The van der Waals surface area contributed by atoms with Crippen molar-refractivity contribution in [2.75, 3.05) is 52.9 Å². The van der Waals surface area contributed by atoms with Crippen LogP contribution in [0.3, 0.4) is 0 Å². The van der Waals surface area contributed by atoms with E-state index >= 15 is 0 Å². The fourth-order valence-corrected chi connectivity index (χ4v) is 5.06. The van der Waals surface area contributed by atoms with Gasteiger partial charge in [-0.1, -0.05) is 49.4 Å². The first-order valence-corrected chi connectivity index (χ1v) is 14.0. The van der Waals surface area contributed by atoms with Gasteiger partial charge in [-0.3, -0.25) is 14.4 Å². The van der Waals surface area contributed by atoms with Crippen LogP contribution in [0.5, 0.6) is 5.75 Å². The number of likely N-dealkylation sites (N-methyl/N-ethyl adjacent to an activating group) is 1. The molecular weight excluding hydrogens is 534 g/mol. The van der Waals surface area contributed by atoms with Gasteiger partial charge in [0.05, 0.1) is 17.7 Å². The van der Waals surface area contributed by atoms with Crippen molar-refractivity contribution in [2.24, 2.45) is 5.92 Å². The van der Waals surface area contributed by atoms with Gasteiger partial charge in [-0.05, 0) is 48.4 Å². The summed E-state index contributed by atoms with van der Waals surface area (Å²) < 4.78 is 17.0. The van der Waals surface area contributed by atoms with Gasteiger partial charge in [-0.15, -0.1) is 0 Å². The molecule has 0 aromatic heterocycles. The van der Waals surface area contributed by atoms with Crippen molar-refractivity contribution in [3.63, 3.8) is 0 Å².